The highest BCUT2D eigenvalue weighted by molar-refractivity contribution is 6.04. The number of nitrogens with zero attached hydrogens (tertiary/aromatic N) is 1. The minimum absolute atomic E-state index is 1.00. The van der Waals surface area contributed by atoms with Gasteiger partial charge in [0.25, 0.3) is 0 Å². The van der Waals surface area contributed by atoms with Gasteiger partial charge in [0.15, 0.2) is 7.98 Å². The van der Waals surface area contributed by atoms with Crippen LogP contribution in [0.1, 0.15) is 26.2 Å². The van der Waals surface area contributed by atoms with Gasteiger partial charge in [0.2, 0.25) is 0 Å². The van der Waals surface area contributed by atoms with Crippen LogP contribution >= 0.6 is 0 Å². The van der Waals surface area contributed by atoms with Gasteiger partial charge in [-0.3, -0.25) is 0 Å². The molecule has 1 saturated heterocycles. The van der Waals surface area contributed by atoms with Gasteiger partial charge in [-0.15, -0.1) is 0 Å². The summed E-state index contributed by atoms with van der Waals surface area (Å²) in [5.74, 6) is 3.08. The predicted molar refractivity (Wildman–Crippen MR) is 47.3 cm³/mol. The first-order valence-electron chi connectivity index (χ1n) is 4.77. The summed E-state index contributed by atoms with van der Waals surface area (Å²) >= 11 is 0. The molecule has 0 amide bonds. The van der Waals surface area contributed by atoms with E-state index in [1.807, 2.05) is 4.81 Å². The SMILES string of the molecule is [B]N1CCC([C@H]2C[C@H]2C)CC1. The molecule has 1 nitrogen and oxygen atoms in total. The lowest BCUT2D eigenvalue weighted by Crippen LogP contribution is -2.32. The summed E-state index contributed by atoms with van der Waals surface area (Å²) in [4.78, 5) is 1.96. The standard InChI is InChI=1S/C9H16BN/c1-7-6-9(7)8-2-4-11(10)5-3-8/h7-9H,2-6H2,1H3/t7-,9+/m1/s1. The summed E-state index contributed by atoms with van der Waals surface area (Å²) in [7, 11) is 5.69. The fraction of sp³-hybridized carbons (Fsp3) is 1.00. The average molecular weight is 149 g/mol. The fourth-order valence-corrected chi connectivity index (χ4v) is 2.36. The molecule has 1 aliphatic carbocycles. The molecule has 0 spiro atoms. The molecule has 0 aromatic rings. The van der Waals surface area contributed by atoms with Crippen LogP contribution in [0, 0.1) is 17.8 Å². The molecule has 0 N–H and O–H groups in total. The van der Waals surface area contributed by atoms with Crippen molar-refractivity contribution in [3.05, 3.63) is 0 Å². The van der Waals surface area contributed by atoms with E-state index in [1.165, 1.54) is 19.3 Å². The smallest absolute Gasteiger partial charge is 0.182 e. The van der Waals surface area contributed by atoms with E-state index >= 15 is 0 Å². The van der Waals surface area contributed by atoms with Crippen LogP contribution in [-0.2, 0) is 0 Å². The molecule has 2 radical (unpaired) electrons. The summed E-state index contributed by atoms with van der Waals surface area (Å²) in [6.07, 6.45) is 4.16. The van der Waals surface area contributed by atoms with E-state index in [-0.39, 0.29) is 0 Å². The maximum atomic E-state index is 5.69. The maximum absolute atomic E-state index is 5.69. The van der Waals surface area contributed by atoms with E-state index in [9.17, 15) is 0 Å². The number of hydrogen-bond donors (Lipinski definition) is 0. The van der Waals surface area contributed by atoms with E-state index < -0.39 is 0 Å². The molecule has 60 valence electrons. The minimum Gasteiger partial charge on any atom is -0.353 e. The molecule has 1 saturated carbocycles. The monoisotopic (exact) mass is 149 g/mol. The van der Waals surface area contributed by atoms with E-state index in [1.54, 1.807) is 0 Å². The third-order valence-electron chi connectivity index (χ3n) is 3.35. The molecule has 2 rings (SSSR count). The van der Waals surface area contributed by atoms with Gasteiger partial charge in [-0.25, -0.2) is 0 Å². The van der Waals surface area contributed by atoms with Crippen molar-refractivity contribution < 1.29 is 0 Å². The third kappa shape index (κ3) is 1.61. The number of piperidine rings is 1. The zero-order valence-corrected chi connectivity index (χ0v) is 7.29. The van der Waals surface area contributed by atoms with Gasteiger partial charge < -0.3 is 4.81 Å². The topological polar surface area (TPSA) is 3.24 Å². The van der Waals surface area contributed by atoms with Crippen LogP contribution in [0.3, 0.4) is 0 Å². The maximum Gasteiger partial charge on any atom is 0.182 e. The van der Waals surface area contributed by atoms with E-state index in [4.69, 9.17) is 7.98 Å². The van der Waals surface area contributed by atoms with Crippen LogP contribution in [0.25, 0.3) is 0 Å². The summed E-state index contributed by atoms with van der Waals surface area (Å²) in [5, 5.41) is 0. The molecule has 0 unspecified atom stereocenters. The average Bonchev–Trinajstić information content (AvgIpc) is 2.69. The van der Waals surface area contributed by atoms with Crippen LogP contribution in [0.15, 0.2) is 0 Å². The first-order chi connectivity index (χ1) is 5.27. The second-order valence-corrected chi connectivity index (χ2v) is 4.25. The Morgan fingerprint density at radius 1 is 1.27 bits per heavy atom. The van der Waals surface area contributed by atoms with Gasteiger partial charge in [-0.1, -0.05) is 6.92 Å². The molecule has 2 heteroatoms. The summed E-state index contributed by atoms with van der Waals surface area (Å²) < 4.78 is 0. The Kier molecular flexibility index (Phi) is 1.96. The van der Waals surface area contributed by atoms with Crippen LogP contribution in [0.2, 0.25) is 0 Å². The van der Waals surface area contributed by atoms with Crippen molar-refractivity contribution in [3.8, 4) is 0 Å². The lowest BCUT2D eigenvalue weighted by atomic mass is 9.90. The molecule has 11 heavy (non-hydrogen) atoms. The molecule has 0 bridgehead atoms. The summed E-state index contributed by atoms with van der Waals surface area (Å²) in [6, 6.07) is 0. The highest BCUT2D eigenvalue weighted by atomic mass is 15.0. The fourth-order valence-electron chi connectivity index (χ4n) is 2.36. The lowest BCUT2D eigenvalue weighted by molar-refractivity contribution is 0.254. The van der Waals surface area contributed by atoms with E-state index in [0.29, 0.717) is 0 Å². The predicted octanol–water partition coefficient (Wildman–Crippen LogP) is 1.44. The van der Waals surface area contributed by atoms with Crippen molar-refractivity contribution in [3.63, 3.8) is 0 Å². The van der Waals surface area contributed by atoms with Crippen molar-refractivity contribution in [2.45, 2.75) is 26.2 Å². The van der Waals surface area contributed by atoms with E-state index in [0.717, 1.165) is 30.8 Å². The van der Waals surface area contributed by atoms with Gasteiger partial charge in [0, 0.05) is 0 Å². The largest absolute Gasteiger partial charge is 0.353 e. The summed E-state index contributed by atoms with van der Waals surface area (Å²) in [6.45, 7) is 4.61. The second kappa shape index (κ2) is 2.82. The van der Waals surface area contributed by atoms with Crippen LogP contribution < -0.4 is 0 Å². The number of rotatable bonds is 1. The molecule has 2 fully saturated rings. The second-order valence-electron chi connectivity index (χ2n) is 4.25. The first kappa shape index (κ1) is 7.66. The first-order valence-corrected chi connectivity index (χ1v) is 4.77. The Morgan fingerprint density at radius 2 is 1.82 bits per heavy atom. The minimum atomic E-state index is 1.00. The molecule has 2 aliphatic rings. The third-order valence-corrected chi connectivity index (χ3v) is 3.35. The highest BCUT2D eigenvalue weighted by Crippen LogP contribution is 2.47. The van der Waals surface area contributed by atoms with E-state index in [2.05, 4.69) is 6.92 Å². The quantitative estimate of drug-likeness (QED) is 0.510. The van der Waals surface area contributed by atoms with Gasteiger partial charge in [-0.2, -0.15) is 0 Å². The van der Waals surface area contributed by atoms with Crippen molar-refractivity contribution in [2.75, 3.05) is 13.1 Å². The van der Waals surface area contributed by atoms with Crippen LogP contribution in [-0.4, -0.2) is 25.9 Å². The summed E-state index contributed by atoms with van der Waals surface area (Å²) in [5.41, 5.74) is 0. The molecular formula is C9H16BN. The van der Waals surface area contributed by atoms with Crippen molar-refractivity contribution in [2.24, 2.45) is 17.8 Å². The van der Waals surface area contributed by atoms with Crippen molar-refractivity contribution in [1.29, 1.82) is 0 Å². The Balaban J connectivity index is 1.79. The number of hydrogen-bond acceptors (Lipinski definition) is 1. The normalized spacial score (nSPS) is 40.8. The van der Waals surface area contributed by atoms with Gasteiger partial charge in [0.05, 0.1) is 0 Å². The van der Waals surface area contributed by atoms with Gasteiger partial charge >= 0.3 is 0 Å². The molecule has 2 atom stereocenters. The lowest BCUT2D eigenvalue weighted by Gasteiger charge is -2.29. The zero-order valence-electron chi connectivity index (χ0n) is 7.29. The highest BCUT2D eigenvalue weighted by Gasteiger charge is 2.39. The molecular weight excluding hydrogens is 133 g/mol. The van der Waals surface area contributed by atoms with Crippen molar-refractivity contribution in [1.82, 2.24) is 4.81 Å². The Morgan fingerprint density at radius 3 is 2.27 bits per heavy atom. The molecule has 1 heterocycles. The van der Waals surface area contributed by atoms with Crippen molar-refractivity contribution >= 4 is 7.98 Å². The Hall–Kier alpha value is 0.0249. The van der Waals surface area contributed by atoms with Gasteiger partial charge in [0.1, 0.15) is 0 Å². The van der Waals surface area contributed by atoms with Crippen LogP contribution in [0.4, 0.5) is 0 Å². The molecule has 0 aromatic carbocycles. The zero-order chi connectivity index (χ0) is 7.84. The van der Waals surface area contributed by atoms with Crippen LogP contribution in [0.5, 0.6) is 0 Å². The Bertz CT molecular complexity index is 140. The molecule has 0 aromatic heterocycles. The Labute approximate surface area is 70.6 Å². The molecule has 1 aliphatic heterocycles. The van der Waals surface area contributed by atoms with Gasteiger partial charge in [-0.05, 0) is 50.1 Å².